The van der Waals surface area contributed by atoms with Gasteiger partial charge in [0.1, 0.15) is 0 Å². The number of benzene rings is 2. The minimum absolute atomic E-state index is 0. The normalized spacial score (nSPS) is 13.0. The average molecular weight is 324 g/mol. The molecule has 2 atom stereocenters. The van der Waals surface area contributed by atoms with Gasteiger partial charge in [-0.3, -0.25) is 0 Å². The van der Waals surface area contributed by atoms with Crippen LogP contribution < -0.4 is 10.5 Å². The molecule has 2 aromatic carbocycles. The van der Waals surface area contributed by atoms with Crippen LogP contribution in [0.3, 0.4) is 0 Å². The molecule has 0 fully saturated rings. The first-order chi connectivity index (χ1) is 10.1. The van der Waals surface area contributed by atoms with Gasteiger partial charge < -0.3 is 20.7 Å². The van der Waals surface area contributed by atoms with Crippen LogP contribution in [0.2, 0.25) is 0 Å². The van der Waals surface area contributed by atoms with Crippen molar-refractivity contribution in [3.63, 3.8) is 0 Å². The summed E-state index contributed by atoms with van der Waals surface area (Å²) in [5.74, 6) is 0.385. The summed E-state index contributed by atoms with van der Waals surface area (Å²) in [5.41, 5.74) is 7.58. The first-order valence-electron chi connectivity index (χ1n) is 7.05. The predicted octanol–water partition coefficient (Wildman–Crippen LogP) is 2.82. The molecule has 0 unspecified atom stereocenters. The highest BCUT2D eigenvalue weighted by Gasteiger charge is 2.22. The van der Waals surface area contributed by atoms with Gasteiger partial charge in [0.2, 0.25) is 0 Å². The smallest absolute Gasteiger partial charge is 0.162 e. The molecule has 0 aliphatic rings. The third kappa shape index (κ3) is 4.37. The van der Waals surface area contributed by atoms with Crippen LogP contribution >= 0.6 is 12.4 Å². The zero-order chi connectivity index (χ0) is 15.2. The van der Waals surface area contributed by atoms with Crippen LogP contribution in [0.1, 0.15) is 24.1 Å². The van der Waals surface area contributed by atoms with Crippen molar-refractivity contribution in [2.75, 3.05) is 6.61 Å². The first-order valence-corrected chi connectivity index (χ1v) is 7.05. The van der Waals surface area contributed by atoms with Crippen LogP contribution in [0.25, 0.3) is 0 Å². The van der Waals surface area contributed by atoms with Gasteiger partial charge in [0, 0.05) is 12.0 Å². The molecule has 0 saturated carbocycles. The van der Waals surface area contributed by atoms with E-state index >= 15 is 0 Å². The van der Waals surface area contributed by atoms with E-state index in [4.69, 9.17) is 10.5 Å². The number of aromatic hydroxyl groups is 1. The van der Waals surface area contributed by atoms with Crippen LogP contribution in [-0.4, -0.2) is 22.9 Å². The first kappa shape index (κ1) is 18.3. The molecule has 120 valence electrons. The number of hydrogen-bond donors (Lipinski definition) is 3. The zero-order valence-corrected chi connectivity index (χ0v) is 13.3. The van der Waals surface area contributed by atoms with Crippen molar-refractivity contribution in [2.45, 2.75) is 25.5 Å². The summed E-state index contributed by atoms with van der Waals surface area (Å²) in [7, 11) is 0. The molecule has 4 nitrogen and oxygen atoms in total. The van der Waals surface area contributed by atoms with E-state index < -0.39 is 12.1 Å². The summed E-state index contributed by atoms with van der Waals surface area (Å²) >= 11 is 0. The quantitative estimate of drug-likeness (QED) is 0.764. The third-order valence-electron chi connectivity index (χ3n) is 3.39. The number of aliphatic hydroxyl groups is 1. The molecule has 5 heteroatoms. The Balaban J connectivity index is 0.00000242. The van der Waals surface area contributed by atoms with E-state index in [1.807, 2.05) is 37.3 Å². The van der Waals surface area contributed by atoms with E-state index in [2.05, 4.69) is 0 Å². The highest BCUT2D eigenvalue weighted by atomic mass is 35.5. The molecular formula is C17H22ClNO3. The van der Waals surface area contributed by atoms with Crippen LogP contribution in [0, 0.1) is 0 Å². The van der Waals surface area contributed by atoms with Gasteiger partial charge in [0.25, 0.3) is 0 Å². The van der Waals surface area contributed by atoms with Gasteiger partial charge in [-0.15, -0.1) is 12.4 Å². The lowest BCUT2D eigenvalue weighted by atomic mass is 9.96. The number of aliphatic hydroxyl groups excluding tert-OH is 1. The Morgan fingerprint density at radius 1 is 1.09 bits per heavy atom. The van der Waals surface area contributed by atoms with Crippen LogP contribution in [-0.2, 0) is 6.42 Å². The second kappa shape index (κ2) is 8.63. The zero-order valence-electron chi connectivity index (χ0n) is 12.5. The number of nitrogens with two attached hydrogens (primary N) is 1. The van der Waals surface area contributed by atoms with E-state index in [0.29, 0.717) is 24.3 Å². The molecule has 0 spiro atoms. The number of halogens is 1. The van der Waals surface area contributed by atoms with Gasteiger partial charge in [0.05, 0.1) is 18.8 Å². The monoisotopic (exact) mass is 323 g/mol. The minimum atomic E-state index is -0.782. The molecule has 0 radical (unpaired) electrons. The number of rotatable bonds is 6. The van der Waals surface area contributed by atoms with Gasteiger partial charge in [-0.05, 0) is 18.6 Å². The maximum atomic E-state index is 10.3. The Morgan fingerprint density at radius 2 is 1.77 bits per heavy atom. The van der Waals surface area contributed by atoms with Crippen molar-refractivity contribution in [3.05, 3.63) is 59.7 Å². The second-order valence-electron chi connectivity index (χ2n) is 4.91. The lowest BCUT2D eigenvalue weighted by Crippen LogP contribution is -2.28. The van der Waals surface area contributed by atoms with E-state index in [9.17, 15) is 10.2 Å². The third-order valence-corrected chi connectivity index (χ3v) is 3.39. The van der Waals surface area contributed by atoms with E-state index in [1.165, 1.54) is 0 Å². The van der Waals surface area contributed by atoms with Gasteiger partial charge in [0.15, 0.2) is 11.5 Å². The van der Waals surface area contributed by atoms with Gasteiger partial charge in [-0.1, -0.05) is 42.5 Å². The molecule has 0 aromatic heterocycles. The number of phenolic OH excluding ortho intramolecular Hbond substituents is 1. The fourth-order valence-corrected chi connectivity index (χ4v) is 2.27. The number of phenols is 1. The molecule has 2 aromatic rings. The van der Waals surface area contributed by atoms with Crippen molar-refractivity contribution in [1.29, 1.82) is 0 Å². The molecule has 0 amide bonds. The standard InChI is InChI=1S/C17H21NO3.ClH/c1-2-21-15-10-6-9-13(17(15)20)16(18)14(19)11-12-7-4-3-5-8-12;/h3-10,14,16,19-20H,2,11,18H2,1H3;1H/t14-,16+;/m0./s1. The number of ether oxygens (including phenoxy) is 1. The molecule has 0 heterocycles. The van der Waals surface area contributed by atoms with E-state index in [0.717, 1.165) is 5.56 Å². The van der Waals surface area contributed by atoms with Crippen molar-refractivity contribution in [1.82, 2.24) is 0 Å². The molecule has 0 saturated heterocycles. The Hall–Kier alpha value is -1.75. The van der Waals surface area contributed by atoms with Crippen molar-refractivity contribution in [3.8, 4) is 11.5 Å². The number of para-hydroxylation sites is 1. The molecule has 2 rings (SSSR count). The molecule has 0 aliphatic carbocycles. The highest BCUT2D eigenvalue weighted by molar-refractivity contribution is 5.85. The average Bonchev–Trinajstić information content (AvgIpc) is 2.50. The summed E-state index contributed by atoms with van der Waals surface area (Å²) in [6.45, 7) is 2.30. The Bertz CT molecular complexity index is 577. The lowest BCUT2D eigenvalue weighted by molar-refractivity contribution is 0.143. The molecule has 4 N–H and O–H groups in total. The van der Waals surface area contributed by atoms with Crippen molar-refractivity contribution >= 4 is 12.4 Å². The summed E-state index contributed by atoms with van der Waals surface area (Å²) < 4.78 is 5.34. The second-order valence-corrected chi connectivity index (χ2v) is 4.91. The van der Waals surface area contributed by atoms with Gasteiger partial charge in [-0.25, -0.2) is 0 Å². The Labute approximate surface area is 137 Å². The summed E-state index contributed by atoms with van der Waals surface area (Å²) in [5, 5.41) is 20.5. The van der Waals surface area contributed by atoms with Gasteiger partial charge in [-0.2, -0.15) is 0 Å². The summed E-state index contributed by atoms with van der Waals surface area (Å²) in [6, 6.07) is 14.1. The van der Waals surface area contributed by atoms with Crippen molar-refractivity contribution in [2.24, 2.45) is 5.73 Å². The number of hydrogen-bond acceptors (Lipinski definition) is 4. The van der Waals surface area contributed by atoms with Gasteiger partial charge >= 0.3 is 0 Å². The topological polar surface area (TPSA) is 75.7 Å². The van der Waals surface area contributed by atoms with Crippen LogP contribution in [0.15, 0.2) is 48.5 Å². The molecule has 0 aliphatic heterocycles. The van der Waals surface area contributed by atoms with E-state index in [-0.39, 0.29) is 18.2 Å². The van der Waals surface area contributed by atoms with Crippen LogP contribution in [0.5, 0.6) is 11.5 Å². The molecule has 0 bridgehead atoms. The molecular weight excluding hydrogens is 302 g/mol. The summed E-state index contributed by atoms with van der Waals surface area (Å²) in [4.78, 5) is 0. The Kier molecular flexibility index (Phi) is 7.18. The highest BCUT2D eigenvalue weighted by Crippen LogP contribution is 2.34. The summed E-state index contributed by atoms with van der Waals surface area (Å²) in [6.07, 6.45) is -0.351. The van der Waals surface area contributed by atoms with Crippen molar-refractivity contribution < 1.29 is 14.9 Å². The fraction of sp³-hybridized carbons (Fsp3) is 0.294. The lowest BCUT2D eigenvalue weighted by Gasteiger charge is -2.21. The fourth-order valence-electron chi connectivity index (χ4n) is 2.27. The van der Waals surface area contributed by atoms with E-state index in [1.54, 1.807) is 18.2 Å². The predicted molar refractivity (Wildman–Crippen MR) is 89.6 cm³/mol. The maximum Gasteiger partial charge on any atom is 0.162 e. The minimum Gasteiger partial charge on any atom is -0.504 e. The largest absolute Gasteiger partial charge is 0.504 e. The van der Waals surface area contributed by atoms with Crippen LogP contribution in [0.4, 0.5) is 0 Å². The SMILES string of the molecule is CCOc1cccc([C@@H](N)[C@@H](O)Cc2ccccc2)c1O.Cl. The maximum absolute atomic E-state index is 10.3. The Morgan fingerprint density at radius 3 is 2.41 bits per heavy atom. The molecule has 22 heavy (non-hydrogen) atoms.